The summed E-state index contributed by atoms with van der Waals surface area (Å²) >= 11 is 0. The van der Waals surface area contributed by atoms with Crippen LogP contribution >= 0.6 is 0 Å². The van der Waals surface area contributed by atoms with Gasteiger partial charge in [0, 0.05) is 11.3 Å². The summed E-state index contributed by atoms with van der Waals surface area (Å²) in [5.41, 5.74) is 5.89. The van der Waals surface area contributed by atoms with Gasteiger partial charge in [-0.3, -0.25) is 9.89 Å². The highest BCUT2D eigenvalue weighted by atomic mass is 16.2. The van der Waals surface area contributed by atoms with E-state index in [0.29, 0.717) is 5.69 Å². The highest BCUT2D eigenvalue weighted by molar-refractivity contribution is 5.92. The third kappa shape index (κ3) is 3.27. The number of aromatic amines is 1. The average Bonchev–Trinajstić information content (AvgIpc) is 3.21. The Kier molecular flexibility index (Phi) is 4.13. The lowest BCUT2D eigenvalue weighted by Gasteiger charge is -2.36. The summed E-state index contributed by atoms with van der Waals surface area (Å²) < 4.78 is 2.03. The molecule has 0 aliphatic heterocycles. The number of rotatable bonds is 3. The van der Waals surface area contributed by atoms with E-state index in [1.807, 2.05) is 29.9 Å². The minimum atomic E-state index is -0.156. The number of H-pyrrole nitrogens is 1. The van der Waals surface area contributed by atoms with Crippen molar-refractivity contribution in [2.75, 3.05) is 0 Å². The van der Waals surface area contributed by atoms with Gasteiger partial charge in [0.2, 0.25) is 0 Å². The number of aromatic nitrogens is 4. The van der Waals surface area contributed by atoms with Crippen molar-refractivity contribution in [2.45, 2.75) is 46.6 Å². The van der Waals surface area contributed by atoms with Crippen LogP contribution in [0.1, 0.15) is 59.3 Å². The van der Waals surface area contributed by atoms with Crippen LogP contribution in [-0.4, -0.2) is 25.9 Å². The second kappa shape index (κ2) is 6.37. The fourth-order valence-corrected chi connectivity index (χ4v) is 3.95. The van der Waals surface area contributed by atoms with Crippen molar-refractivity contribution >= 4 is 5.91 Å². The predicted molar refractivity (Wildman–Crippen MR) is 104 cm³/mol. The van der Waals surface area contributed by atoms with E-state index in [-0.39, 0.29) is 17.4 Å². The largest absolute Gasteiger partial charge is 0.344 e. The Morgan fingerprint density at radius 1 is 1.30 bits per heavy atom. The van der Waals surface area contributed by atoms with Gasteiger partial charge in [0.1, 0.15) is 5.69 Å². The number of carbonyl (C=O) groups is 1. The second-order valence-corrected chi connectivity index (χ2v) is 8.25. The SMILES string of the molecule is Cc1cc(C(=O)NC2CC(C)(C)Cc3c2cnn3-c2ccccc2C)n[nH]1. The number of fused-ring (bicyclic) bond motifs is 1. The quantitative estimate of drug-likeness (QED) is 0.746. The lowest BCUT2D eigenvalue weighted by molar-refractivity contribution is 0.0914. The molecule has 2 aromatic heterocycles. The number of aryl methyl sites for hydroxylation is 2. The van der Waals surface area contributed by atoms with E-state index in [1.54, 1.807) is 6.07 Å². The van der Waals surface area contributed by atoms with Gasteiger partial charge in [0.05, 0.1) is 23.6 Å². The molecule has 0 fully saturated rings. The molecular formula is C21H25N5O. The Labute approximate surface area is 159 Å². The van der Waals surface area contributed by atoms with E-state index < -0.39 is 0 Å². The number of carbonyl (C=O) groups excluding carboxylic acids is 1. The maximum atomic E-state index is 12.7. The summed E-state index contributed by atoms with van der Waals surface area (Å²) in [4.78, 5) is 12.7. The maximum absolute atomic E-state index is 12.7. The lowest BCUT2D eigenvalue weighted by atomic mass is 9.74. The Balaban J connectivity index is 1.70. The van der Waals surface area contributed by atoms with E-state index in [1.165, 1.54) is 11.3 Å². The molecule has 0 spiro atoms. The van der Waals surface area contributed by atoms with Crippen LogP contribution in [0.3, 0.4) is 0 Å². The van der Waals surface area contributed by atoms with Crippen molar-refractivity contribution in [3.8, 4) is 5.69 Å². The molecule has 4 rings (SSSR count). The molecule has 6 nitrogen and oxygen atoms in total. The van der Waals surface area contributed by atoms with Crippen LogP contribution in [0.2, 0.25) is 0 Å². The standard InChI is InChI=1S/C21H25N5O/c1-13-7-5-6-8-18(13)26-19-11-21(3,4)10-17(15(19)12-22-26)23-20(27)16-9-14(2)24-25-16/h5-9,12,17H,10-11H2,1-4H3,(H,23,27)(H,24,25). The molecule has 0 saturated carbocycles. The fourth-order valence-electron chi connectivity index (χ4n) is 3.95. The first kappa shape index (κ1) is 17.5. The second-order valence-electron chi connectivity index (χ2n) is 8.25. The van der Waals surface area contributed by atoms with Gasteiger partial charge in [-0.15, -0.1) is 0 Å². The molecule has 0 bridgehead atoms. The zero-order valence-electron chi connectivity index (χ0n) is 16.2. The van der Waals surface area contributed by atoms with E-state index in [4.69, 9.17) is 0 Å². The highest BCUT2D eigenvalue weighted by Crippen LogP contribution is 2.41. The zero-order chi connectivity index (χ0) is 19.2. The third-order valence-corrected chi connectivity index (χ3v) is 5.27. The molecule has 1 aromatic carbocycles. The van der Waals surface area contributed by atoms with Gasteiger partial charge in [-0.05, 0) is 49.8 Å². The molecule has 1 amide bonds. The summed E-state index contributed by atoms with van der Waals surface area (Å²) in [5, 5.41) is 14.7. The molecule has 3 aromatic rings. The van der Waals surface area contributed by atoms with Crippen molar-refractivity contribution in [2.24, 2.45) is 5.41 Å². The third-order valence-electron chi connectivity index (χ3n) is 5.27. The minimum Gasteiger partial charge on any atom is -0.344 e. The summed E-state index contributed by atoms with van der Waals surface area (Å²) in [6, 6.07) is 9.94. The van der Waals surface area contributed by atoms with Gasteiger partial charge >= 0.3 is 0 Å². The number of amides is 1. The Hall–Kier alpha value is -2.89. The van der Waals surface area contributed by atoms with Gasteiger partial charge in [0.25, 0.3) is 5.91 Å². The lowest BCUT2D eigenvalue weighted by Crippen LogP contribution is -2.37. The predicted octanol–water partition coefficient (Wildman–Crippen LogP) is 3.66. The molecule has 1 atom stereocenters. The molecule has 0 radical (unpaired) electrons. The van der Waals surface area contributed by atoms with Crippen molar-refractivity contribution < 1.29 is 4.79 Å². The molecule has 2 N–H and O–H groups in total. The van der Waals surface area contributed by atoms with Crippen LogP contribution in [0, 0.1) is 19.3 Å². The number of benzene rings is 1. The molecule has 27 heavy (non-hydrogen) atoms. The maximum Gasteiger partial charge on any atom is 0.272 e. The van der Waals surface area contributed by atoms with Gasteiger partial charge < -0.3 is 5.32 Å². The Morgan fingerprint density at radius 3 is 2.78 bits per heavy atom. The summed E-state index contributed by atoms with van der Waals surface area (Å²) in [6.45, 7) is 8.46. The van der Waals surface area contributed by atoms with Crippen LogP contribution in [0.4, 0.5) is 0 Å². The van der Waals surface area contributed by atoms with Crippen molar-refractivity contribution in [3.05, 3.63) is 64.7 Å². The highest BCUT2D eigenvalue weighted by Gasteiger charge is 2.36. The zero-order valence-corrected chi connectivity index (χ0v) is 16.2. The van der Waals surface area contributed by atoms with Gasteiger partial charge in [-0.1, -0.05) is 32.0 Å². The molecule has 2 heterocycles. The van der Waals surface area contributed by atoms with E-state index >= 15 is 0 Å². The number of para-hydroxylation sites is 1. The monoisotopic (exact) mass is 363 g/mol. The number of nitrogens with one attached hydrogen (secondary N) is 2. The van der Waals surface area contributed by atoms with Gasteiger partial charge in [-0.2, -0.15) is 10.2 Å². The first-order valence-electron chi connectivity index (χ1n) is 9.30. The molecule has 0 saturated heterocycles. The Bertz CT molecular complexity index is 998. The van der Waals surface area contributed by atoms with Crippen molar-refractivity contribution in [1.29, 1.82) is 0 Å². The first-order valence-corrected chi connectivity index (χ1v) is 9.30. The van der Waals surface area contributed by atoms with Crippen molar-refractivity contribution in [3.63, 3.8) is 0 Å². The van der Waals surface area contributed by atoms with Gasteiger partial charge in [-0.25, -0.2) is 4.68 Å². The number of hydrogen-bond donors (Lipinski definition) is 2. The van der Waals surface area contributed by atoms with Crippen LogP contribution in [0.25, 0.3) is 5.69 Å². The minimum absolute atomic E-state index is 0.0624. The molecule has 1 unspecified atom stereocenters. The van der Waals surface area contributed by atoms with Crippen molar-refractivity contribution in [1.82, 2.24) is 25.3 Å². The summed E-state index contributed by atoms with van der Waals surface area (Å²) in [6.07, 6.45) is 3.69. The summed E-state index contributed by atoms with van der Waals surface area (Å²) in [5.74, 6) is -0.156. The molecule has 1 aliphatic carbocycles. The normalized spacial score (nSPS) is 18.1. The summed E-state index contributed by atoms with van der Waals surface area (Å²) in [7, 11) is 0. The van der Waals surface area contributed by atoms with E-state index in [2.05, 4.69) is 53.5 Å². The fraction of sp³-hybridized carbons (Fsp3) is 0.381. The molecule has 140 valence electrons. The molecular weight excluding hydrogens is 338 g/mol. The average molecular weight is 363 g/mol. The topological polar surface area (TPSA) is 75.6 Å². The first-order chi connectivity index (χ1) is 12.8. The van der Waals surface area contributed by atoms with Crippen LogP contribution in [-0.2, 0) is 6.42 Å². The van der Waals surface area contributed by atoms with Gasteiger partial charge in [0.15, 0.2) is 0 Å². The van der Waals surface area contributed by atoms with E-state index in [0.717, 1.165) is 29.8 Å². The van der Waals surface area contributed by atoms with E-state index in [9.17, 15) is 4.79 Å². The Morgan fingerprint density at radius 2 is 2.07 bits per heavy atom. The number of hydrogen-bond acceptors (Lipinski definition) is 3. The molecule has 6 heteroatoms. The number of nitrogens with zero attached hydrogens (tertiary/aromatic N) is 3. The molecule has 1 aliphatic rings. The smallest absolute Gasteiger partial charge is 0.272 e. The van der Waals surface area contributed by atoms with Crippen LogP contribution in [0.5, 0.6) is 0 Å². The van der Waals surface area contributed by atoms with Crippen LogP contribution in [0.15, 0.2) is 36.5 Å². The van der Waals surface area contributed by atoms with Crippen LogP contribution < -0.4 is 5.32 Å².